The quantitative estimate of drug-likeness (QED) is 0.394. The highest BCUT2D eigenvalue weighted by Gasteiger charge is 2.29. The van der Waals surface area contributed by atoms with Crippen molar-refractivity contribution in [2.45, 2.75) is 32.4 Å². The zero-order valence-corrected chi connectivity index (χ0v) is 18.1. The second-order valence-corrected chi connectivity index (χ2v) is 8.15. The number of imidazole rings is 1. The normalized spacial score (nSPS) is 13.8. The Morgan fingerprint density at radius 1 is 1.18 bits per heavy atom. The van der Waals surface area contributed by atoms with E-state index < -0.39 is 11.6 Å². The molecule has 33 heavy (non-hydrogen) atoms. The number of aryl methyl sites for hydroxylation is 1. The lowest BCUT2D eigenvalue weighted by Gasteiger charge is -2.12. The SMILES string of the molecule is CCn1cnc2c(-c3ccc(F)c(-c4cc5oc(=O)n(C6CC6)c5cc4OC)c3)cnnc21. The molecule has 0 radical (unpaired) electrons. The van der Waals surface area contributed by atoms with Crippen molar-refractivity contribution in [1.29, 1.82) is 0 Å². The molecule has 2 aromatic carbocycles. The lowest BCUT2D eigenvalue weighted by Crippen LogP contribution is -2.12. The smallest absolute Gasteiger partial charge is 0.420 e. The van der Waals surface area contributed by atoms with E-state index in [0.717, 1.165) is 24.0 Å². The molecule has 3 heterocycles. The van der Waals surface area contributed by atoms with Gasteiger partial charge in [-0.2, -0.15) is 5.10 Å². The van der Waals surface area contributed by atoms with Crippen LogP contribution in [0.25, 0.3) is 44.5 Å². The van der Waals surface area contributed by atoms with Gasteiger partial charge in [0, 0.05) is 35.3 Å². The van der Waals surface area contributed by atoms with Crippen LogP contribution in [0.2, 0.25) is 0 Å². The standard InChI is InChI=1S/C24H20FN5O3/c1-3-29-12-26-22-17(11-27-28-23(22)29)13-4-7-18(25)15(8-13)16-9-21-19(10-20(16)32-2)30(14-5-6-14)24(31)33-21/h4,7-12,14H,3,5-6H2,1-2H3. The van der Waals surface area contributed by atoms with Crippen LogP contribution in [-0.2, 0) is 6.54 Å². The molecule has 1 aliphatic rings. The Kier molecular flexibility index (Phi) is 4.33. The maximum atomic E-state index is 15.1. The summed E-state index contributed by atoms with van der Waals surface area (Å²) in [5, 5.41) is 8.32. The van der Waals surface area contributed by atoms with Crippen molar-refractivity contribution in [1.82, 2.24) is 24.3 Å². The Morgan fingerprint density at radius 3 is 2.79 bits per heavy atom. The topological polar surface area (TPSA) is 88.0 Å². The van der Waals surface area contributed by atoms with Crippen LogP contribution in [0.4, 0.5) is 4.39 Å². The number of benzene rings is 2. The average molecular weight is 445 g/mol. The summed E-state index contributed by atoms with van der Waals surface area (Å²) in [5.74, 6) is -0.364. The van der Waals surface area contributed by atoms with E-state index in [1.54, 1.807) is 41.4 Å². The van der Waals surface area contributed by atoms with Crippen molar-refractivity contribution >= 4 is 22.3 Å². The highest BCUT2D eigenvalue weighted by molar-refractivity contribution is 5.92. The van der Waals surface area contributed by atoms with Crippen LogP contribution >= 0.6 is 0 Å². The molecular formula is C24H20FN5O3. The van der Waals surface area contributed by atoms with E-state index in [-0.39, 0.29) is 6.04 Å². The van der Waals surface area contributed by atoms with Gasteiger partial charge < -0.3 is 13.7 Å². The molecule has 6 rings (SSSR count). The van der Waals surface area contributed by atoms with Gasteiger partial charge in [0.05, 0.1) is 25.2 Å². The first-order valence-electron chi connectivity index (χ1n) is 10.8. The first-order chi connectivity index (χ1) is 16.1. The van der Waals surface area contributed by atoms with Crippen molar-refractivity contribution in [2.24, 2.45) is 0 Å². The van der Waals surface area contributed by atoms with Crippen molar-refractivity contribution in [2.75, 3.05) is 7.11 Å². The number of fused-ring (bicyclic) bond motifs is 2. The minimum Gasteiger partial charge on any atom is -0.496 e. The first-order valence-corrected chi connectivity index (χ1v) is 10.8. The number of aromatic nitrogens is 5. The molecule has 5 aromatic rings. The monoisotopic (exact) mass is 445 g/mol. The predicted octanol–water partition coefficient (Wildman–Crippen LogP) is 4.57. The number of nitrogens with zero attached hydrogens (tertiary/aromatic N) is 5. The van der Waals surface area contributed by atoms with Gasteiger partial charge in [-0.3, -0.25) is 4.57 Å². The summed E-state index contributed by atoms with van der Waals surface area (Å²) < 4.78 is 29.7. The van der Waals surface area contributed by atoms with Crippen LogP contribution < -0.4 is 10.5 Å². The maximum absolute atomic E-state index is 15.1. The third-order valence-electron chi connectivity index (χ3n) is 6.16. The van der Waals surface area contributed by atoms with Gasteiger partial charge in [-0.1, -0.05) is 6.07 Å². The van der Waals surface area contributed by atoms with E-state index in [4.69, 9.17) is 9.15 Å². The Bertz CT molecular complexity index is 1600. The van der Waals surface area contributed by atoms with E-state index in [1.807, 2.05) is 11.5 Å². The van der Waals surface area contributed by atoms with Crippen LogP contribution in [-0.4, -0.2) is 31.4 Å². The number of oxazole rings is 1. The molecule has 0 saturated heterocycles. The Labute approximate surface area is 187 Å². The molecule has 3 aromatic heterocycles. The molecule has 1 fully saturated rings. The van der Waals surface area contributed by atoms with Gasteiger partial charge in [0.2, 0.25) is 0 Å². The number of hydrogen-bond acceptors (Lipinski definition) is 6. The van der Waals surface area contributed by atoms with Gasteiger partial charge in [0.15, 0.2) is 11.2 Å². The number of methoxy groups -OCH3 is 1. The Morgan fingerprint density at radius 2 is 2.03 bits per heavy atom. The summed E-state index contributed by atoms with van der Waals surface area (Å²) in [4.78, 5) is 16.9. The summed E-state index contributed by atoms with van der Waals surface area (Å²) in [6, 6.07) is 8.39. The molecule has 0 bridgehead atoms. The summed E-state index contributed by atoms with van der Waals surface area (Å²) in [6.45, 7) is 2.72. The molecular weight excluding hydrogens is 425 g/mol. The third-order valence-corrected chi connectivity index (χ3v) is 6.16. The van der Waals surface area contributed by atoms with E-state index in [9.17, 15) is 4.79 Å². The highest BCUT2D eigenvalue weighted by atomic mass is 19.1. The van der Waals surface area contributed by atoms with E-state index in [0.29, 0.717) is 45.7 Å². The molecule has 0 atom stereocenters. The van der Waals surface area contributed by atoms with Crippen molar-refractivity contribution in [3.63, 3.8) is 0 Å². The largest absolute Gasteiger partial charge is 0.496 e. The summed E-state index contributed by atoms with van der Waals surface area (Å²) in [7, 11) is 1.53. The molecule has 166 valence electrons. The number of halogens is 1. The van der Waals surface area contributed by atoms with Crippen LogP contribution in [0.15, 0.2) is 52.1 Å². The lowest BCUT2D eigenvalue weighted by molar-refractivity contribution is 0.416. The van der Waals surface area contributed by atoms with E-state index in [1.165, 1.54) is 13.2 Å². The number of rotatable bonds is 5. The minimum absolute atomic E-state index is 0.152. The molecule has 0 spiro atoms. The van der Waals surface area contributed by atoms with Gasteiger partial charge in [0.25, 0.3) is 0 Å². The second kappa shape index (κ2) is 7.26. The van der Waals surface area contributed by atoms with Gasteiger partial charge in [0.1, 0.15) is 17.1 Å². The second-order valence-electron chi connectivity index (χ2n) is 8.15. The van der Waals surface area contributed by atoms with Crippen LogP contribution in [0, 0.1) is 5.82 Å². The maximum Gasteiger partial charge on any atom is 0.420 e. The molecule has 0 aliphatic heterocycles. The third kappa shape index (κ3) is 3.03. The first kappa shape index (κ1) is 19.7. The molecule has 8 nitrogen and oxygen atoms in total. The van der Waals surface area contributed by atoms with Gasteiger partial charge in [-0.05, 0) is 43.5 Å². The molecule has 0 amide bonds. The van der Waals surface area contributed by atoms with Crippen LogP contribution in [0.3, 0.4) is 0 Å². The average Bonchev–Trinajstić information content (AvgIpc) is 3.48. The van der Waals surface area contributed by atoms with Gasteiger partial charge in [-0.15, -0.1) is 5.10 Å². The molecule has 0 N–H and O–H groups in total. The molecule has 9 heteroatoms. The van der Waals surface area contributed by atoms with Crippen molar-refractivity contribution in [3.8, 4) is 28.0 Å². The molecule has 1 saturated carbocycles. The summed E-state index contributed by atoms with van der Waals surface area (Å²) in [5.41, 5.74) is 4.74. The summed E-state index contributed by atoms with van der Waals surface area (Å²) in [6.07, 6.45) is 5.23. The van der Waals surface area contributed by atoms with E-state index >= 15 is 4.39 Å². The van der Waals surface area contributed by atoms with Gasteiger partial charge in [-0.25, -0.2) is 14.2 Å². The number of ether oxygens (including phenoxy) is 1. The fraction of sp³-hybridized carbons (Fsp3) is 0.250. The van der Waals surface area contributed by atoms with E-state index in [2.05, 4.69) is 15.2 Å². The minimum atomic E-state index is -0.419. The van der Waals surface area contributed by atoms with Crippen molar-refractivity contribution < 1.29 is 13.5 Å². The Balaban J connectivity index is 1.55. The summed E-state index contributed by atoms with van der Waals surface area (Å²) >= 11 is 0. The highest BCUT2D eigenvalue weighted by Crippen LogP contribution is 2.41. The zero-order chi connectivity index (χ0) is 22.7. The molecule has 0 unspecified atom stereocenters. The lowest BCUT2D eigenvalue weighted by atomic mass is 9.98. The molecule has 1 aliphatic carbocycles. The Hall–Kier alpha value is -4.01. The predicted molar refractivity (Wildman–Crippen MR) is 121 cm³/mol. The van der Waals surface area contributed by atoms with Crippen molar-refractivity contribution in [3.05, 3.63) is 59.2 Å². The van der Waals surface area contributed by atoms with Gasteiger partial charge >= 0.3 is 5.76 Å². The fourth-order valence-corrected chi connectivity index (χ4v) is 4.33. The van der Waals surface area contributed by atoms with Crippen LogP contribution in [0.1, 0.15) is 25.8 Å². The fourth-order valence-electron chi connectivity index (χ4n) is 4.33. The van der Waals surface area contributed by atoms with Crippen LogP contribution in [0.5, 0.6) is 5.75 Å². The zero-order valence-electron chi connectivity index (χ0n) is 18.1. The number of hydrogen-bond donors (Lipinski definition) is 0.